The molecule has 1 aromatic carbocycles. The number of nitrogens with zero attached hydrogens (tertiary/aromatic N) is 6. The number of hydrogen-bond acceptors (Lipinski definition) is 7. The molecule has 1 atom stereocenters. The van der Waals surface area contributed by atoms with E-state index in [0.717, 1.165) is 0 Å². The van der Waals surface area contributed by atoms with Gasteiger partial charge < -0.3 is 9.30 Å². The molecule has 0 saturated carbocycles. The van der Waals surface area contributed by atoms with Crippen molar-refractivity contribution in [1.29, 1.82) is 0 Å². The van der Waals surface area contributed by atoms with Gasteiger partial charge in [0, 0.05) is 47.1 Å². The van der Waals surface area contributed by atoms with Gasteiger partial charge in [0.25, 0.3) is 5.91 Å². The van der Waals surface area contributed by atoms with Crippen LogP contribution in [0.4, 0.5) is 24.8 Å². The van der Waals surface area contributed by atoms with Crippen molar-refractivity contribution in [1.82, 2.24) is 24.3 Å². The second-order valence-electron chi connectivity index (χ2n) is 10.0. The van der Waals surface area contributed by atoms with Gasteiger partial charge in [-0.05, 0) is 50.1 Å². The summed E-state index contributed by atoms with van der Waals surface area (Å²) in [6, 6.07) is 7.86. The number of carbonyl (C=O) groups is 1. The number of pyridine rings is 1. The van der Waals surface area contributed by atoms with E-state index >= 15 is 0 Å². The van der Waals surface area contributed by atoms with Gasteiger partial charge in [0.15, 0.2) is 0 Å². The number of aromatic nitrogens is 5. The Balaban J connectivity index is 1.67. The molecule has 1 amide bonds. The molecular weight excluding hydrogens is 547 g/mol. The van der Waals surface area contributed by atoms with Crippen molar-refractivity contribution in [2.45, 2.75) is 32.5 Å². The van der Waals surface area contributed by atoms with Gasteiger partial charge in [0.2, 0.25) is 11.8 Å². The van der Waals surface area contributed by atoms with Crippen LogP contribution in [0.2, 0.25) is 0 Å². The Bertz CT molecular complexity index is 1730. The van der Waals surface area contributed by atoms with Crippen LogP contribution in [-0.2, 0) is 23.3 Å². The number of halogens is 3. The topological polar surface area (TPSA) is 116 Å². The minimum atomic E-state index is -4.53. The highest BCUT2D eigenvalue weighted by atomic mass is 32.2. The molecule has 0 aliphatic carbocycles. The standard InChI is InChI=1S/C26H28F3N7O3S/c1-15-10-16-11-21(31-15)19-13-30-35(2)24(19)39-9-5-6-17(26(27,28)29)14-36-22-12-18(34-40(3,4)38)7-8-20(22)32-25(36)33-23(16)37/h7-8,10-13,17H,5-6,9,14H2,1-4H3,(H,32,33,37). The zero-order valence-corrected chi connectivity index (χ0v) is 23.1. The Morgan fingerprint density at radius 2 is 1.95 bits per heavy atom. The maximum atomic E-state index is 14.3. The van der Waals surface area contributed by atoms with Crippen LogP contribution in [0.1, 0.15) is 28.9 Å². The normalized spacial score (nSPS) is 16.8. The van der Waals surface area contributed by atoms with Crippen LogP contribution in [0.5, 0.6) is 5.88 Å². The molecule has 14 heteroatoms. The molecule has 0 saturated heterocycles. The van der Waals surface area contributed by atoms with Crippen LogP contribution < -0.4 is 10.1 Å². The van der Waals surface area contributed by atoms with Crippen molar-refractivity contribution in [2.24, 2.45) is 17.3 Å². The average Bonchev–Trinajstić information content (AvgIpc) is 3.37. The Morgan fingerprint density at radius 3 is 2.67 bits per heavy atom. The van der Waals surface area contributed by atoms with E-state index in [2.05, 4.69) is 24.7 Å². The van der Waals surface area contributed by atoms with E-state index in [1.54, 1.807) is 44.4 Å². The summed E-state index contributed by atoms with van der Waals surface area (Å²) in [5.74, 6) is -2.01. The number of anilines is 1. The summed E-state index contributed by atoms with van der Waals surface area (Å²) in [7, 11) is -0.860. The minimum absolute atomic E-state index is 0.0247. The van der Waals surface area contributed by atoms with Gasteiger partial charge in [-0.15, -0.1) is 0 Å². The van der Waals surface area contributed by atoms with E-state index in [1.165, 1.54) is 27.8 Å². The van der Waals surface area contributed by atoms with Crippen LogP contribution in [0.25, 0.3) is 22.3 Å². The lowest BCUT2D eigenvalue weighted by atomic mass is 10.0. The average molecular weight is 576 g/mol. The number of carbonyl (C=O) groups excluding carboxylic acids is 1. The van der Waals surface area contributed by atoms with E-state index in [1.807, 2.05) is 0 Å². The summed E-state index contributed by atoms with van der Waals surface area (Å²) in [5, 5.41) is 6.92. The molecule has 40 heavy (non-hydrogen) atoms. The molecule has 4 heterocycles. The maximum absolute atomic E-state index is 14.3. The third kappa shape index (κ3) is 5.81. The Kier molecular flexibility index (Phi) is 7.06. The number of ether oxygens (including phenoxy) is 1. The van der Waals surface area contributed by atoms with Gasteiger partial charge >= 0.3 is 6.18 Å². The second-order valence-corrected chi connectivity index (χ2v) is 12.6. The third-order valence-corrected chi connectivity index (χ3v) is 7.11. The fourth-order valence-corrected chi connectivity index (χ4v) is 5.29. The molecule has 10 nitrogen and oxygen atoms in total. The zero-order chi connectivity index (χ0) is 28.8. The number of amides is 1. The largest absolute Gasteiger partial charge is 0.477 e. The number of nitrogens with one attached hydrogen (secondary N) is 1. The highest BCUT2D eigenvalue weighted by Gasteiger charge is 2.40. The van der Waals surface area contributed by atoms with Crippen molar-refractivity contribution in [2.75, 3.05) is 24.4 Å². The first-order valence-corrected chi connectivity index (χ1v) is 14.8. The number of benzene rings is 1. The molecule has 0 spiro atoms. The predicted octanol–water partition coefficient (Wildman–Crippen LogP) is 5.10. The molecule has 2 bridgehead atoms. The molecule has 212 valence electrons. The summed E-state index contributed by atoms with van der Waals surface area (Å²) < 4.78 is 68.0. The first-order chi connectivity index (χ1) is 18.8. The number of aryl methyl sites for hydroxylation is 2. The van der Waals surface area contributed by atoms with Gasteiger partial charge in [-0.3, -0.25) is 15.1 Å². The highest BCUT2D eigenvalue weighted by molar-refractivity contribution is 7.92. The van der Waals surface area contributed by atoms with E-state index in [-0.39, 0.29) is 31.0 Å². The lowest BCUT2D eigenvalue weighted by Crippen LogP contribution is -2.29. The van der Waals surface area contributed by atoms with Crippen LogP contribution >= 0.6 is 0 Å². The number of imidazole rings is 1. The van der Waals surface area contributed by atoms with Crippen molar-refractivity contribution in [3.63, 3.8) is 0 Å². The summed E-state index contributed by atoms with van der Waals surface area (Å²) >= 11 is 0. The SMILES string of the molecule is Cc1cc2cc(n1)-c1cnn(C)c1OCCCC(C(F)(F)F)Cn1c(nc3ccc(N=S(C)(C)=O)cc31)NC2=O. The third-order valence-electron chi connectivity index (χ3n) is 6.46. The van der Waals surface area contributed by atoms with Gasteiger partial charge in [0.1, 0.15) is 0 Å². The Morgan fingerprint density at radius 1 is 1.18 bits per heavy atom. The molecule has 0 fully saturated rings. The highest BCUT2D eigenvalue weighted by Crippen LogP contribution is 2.35. The molecule has 4 aromatic rings. The van der Waals surface area contributed by atoms with Crippen LogP contribution in [0, 0.1) is 12.8 Å². The van der Waals surface area contributed by atoms with E-state index < -0.39 is 34.3 Å². The lowest BCUT2D eigenvalue weighted by molar-refractivity contribution is -0.180. The molecule has 1 aliphatic heterocycles. The van der Waals surface area contributed by atoms with E-state index in [9.17, 15) is 22.2 Å². The molecule has 3 aromatic heterocycles. The van der Waals surface area contributed by atoms with Crippen molar-refractivity contribution < 1.29 is 26.9 Å². The Labute approximate surface area is 228 Å². The van der Waals surface area contributed by atoms with Gasteiger partial charge in [-0.25, -0.2) is 13.9 Å². The summed E-state index contributed by atoms with van der Waals surface area (Å²) in [4.78, 5) is 22.4. The van der Waals surface area contributed by atoms with Gasteiger partial charge in [0.05, 0.1) is 46.7 Å². The Hall–Kier alpha value is -3.94. The first-order valence-electron chi connectivity index (χ1n) is 12.5. The van der Waals surface area contributed by atoms with E-state index in [0.29, 0.717) is 39.6 Å². The number of alkyl halides is 3. The number of hydrogen-bond donors (Lipinski definition) is 1. The molecule has 1 N–H and O–H groups in total. The molecule has 1 aliphatic rings. The first kappa shape index (κ1) is 27.6. The van der Waals surface area contributed by atoms with Crippen LogP contribution in [0.3, 0.4) is 0 Å². The quantitative estimate of drug-likeness (QED) is 0.338. The van der Waals surface area contributed by atoms with Crippen molar-refractivity contribution in [3.05, 3.63) is 47.8 Å². The molecule has 1 unspecified atom stereocenters. The second kappa shape index (κ2) is 10.2. The van der Waals surface area contributed by atoms with Gasteiger partial charge in [-0.2, -0.15) is 22.6 Å². The summed E-state index contributed by atoms with van der Waals surface area (Å²) in [6.07, 6.45) is -0.162. The maximum Gasteiger partial charge on any atom is 0.393 e. The number of rotatable bonds is 1. The van der Waals surface area contributed by atoms with Crippen molar-refractivity contribution in [3.8, 4) is 17.1 Å². The fraction of sp³-hybridized carbons (Fsp3) is 0.385. The predicted molar refractivity (Wildman–Crippen MR) is 145 cm³/mol. The summed E-state index contributed by atoms with van der Waals surface area (Å²) in [5.41, 5.74) is 2.80. The fourth-order valence-electron chi connectivity index (χ4n) is 4.66. The lowest BCUT2D eigenvalue weighted by Gasteiger charge is -2.22. The monoisotopic (exact) mass is 575 g/mol. The minimum Gasteiger partial charge on any atom is -0.477 e. The zero-order valence-electron chi connectivity index (χ0n) is 22.3. The number of fused-ring (bicyclic) bond motifs is 7. The van der Waals surface area contributed by atoms with E-state index in [4.69, 9.17) is 4.74 Å². The smallest absolute Gasteiger partial charge is 0.393 e. The van der Waals surface area contributed by atoms with Gasteiger partial charge in [-0.1, -0.05) is 0 Å². The summed E-state index contributed by atoms with van der Waals surface area (Å²) in [6.45, 7) is 1.26. The molecule has 0 radical (unpaired) electrons. The molecule has 5 rings (SSSR count). The van der Waals surface area contributed by atoms with Crippen LogP contribution in [0.15, 0.2) is 40.9 Å². The van der Waals surface area contributed by atoms with Crippen molar-refractivity contribution >= 4 is 38.3 Å². The molecular formula is C26H28F3N7O3S. The van der Waals surface area contributed by atoms with Crippen LogP contribution in [-0.4, -0.2) is 59.7 Å².